The Kier molecular flexibility index (Phi) is 4.92. The zero-order chi connectivity index (χ0) is 13.7. The van der Waals surface area contributed by atoms with Gasteiger partial charge < -0.3 is 15.3 Å². The van der Waals surface area contributed by atoms with Crippen molar-refractivity contribution in [2.24, 2.45) is 0 Å². The molecule has 0 spiro atoms. The van der Waals surface area contributed by atoms with Crippen LogP contribution in [0.3, 0.4) is 0 Å². The first-order valence-corrected chi connectivity index (χ1v) is 5.80. The van der Waals surface area contributed by atoms with Gasteiger partial charge in [0.2, 0.25) is 0 Å². The molecule has 3 N–H and O–H groups in total. The largest absolute Gasteiger partial charge is 0.507 e. The SMILES string of the molecule is Cc1cc(C(=O)CCC=CCO)c(O)c(C)c1O. The third kappa shape index (κ3) is 3.11. The highest BCUT2D eigenvalue weighted by molar-refractivity contribution is 5.99. The van der Waals surface area contributed by atoms with Crippen molar-refractivity contribution in [2.45, 2.75) is 26.7 Å². The predicted molar refractivity (Wildman–Crippen MR) is 69.0 cm³/mol. The fraction of sp³-hybridized carbons (Fsp3) is 0.357. The summed E-state index contributed by atoms with van der Waals surface area (Å²) in [5, 5.41) is 28.0. The molecular formula is C14H18O4. The van der Waals surface area contributed by atoms with E-state index in [1.165, 1.54) is 6.07 Å². The van der Waals surface area contributed by atoms with Crippen LogP contribution < -0.4 is 0 Å². The number of phenolic OH excluding ortho intramolecular Hbond substituents is 2. The molecule has 0 aliphatic carbocycles. The van der Waals surface area contributed by atoms with Crippen LogP contribution in [0.2, 0.25) is 0 Å². The molecule has 0 heterocycles. The number of carbonyl (C=O) groups excluding carboxylic acids is 1. The molecule has 0 radical (unpaired) electrons. The molecule has 0 aliphatic rings. The lowest BCUT2D eigenvalue weighted by Gasteiger charge is -2.10. The Bertz CT molecular complexity index is 475. The number of allylic oxidation sites excluding steroid dienone is 1. The molecule has 0 fully saturated rings. The minimum Gasteiger partial charge on any atom is -0.507 e. The van der Waals surface area contributed by atoms with Crippen LogP contribution in [0.1, 0.15) is 34.3 Å². The number of hydrogen-bond donors (Lipinski definition) is 3. The van der Waals surface area contributed by atoms with Gasteiger partial charge in [-0.3, -0.25) is 4.79 Å². The molecule has 0 bridgehead atoms. The van der Waals surface area contributed by atoms with Crippen molar-refractivity contribution in [3.63, 3.8) is 0 Å². The van der Waals surface area contributed by atoms with Crippen molar-refractivity contribution in [1.82, 2.24) is 0 Å². The van der Waals surface area contributed by atoms with E-state index in [1.807, 2.05) is 0 Å². The lowest BCUT2D eigenvalue weighted by atomic mass is 9.99. The Morgan fingerprint density at radius 3 is 2.50 bits per heavy atom. The normalized spacial score (nSPS) is 11.1. The first-order chi connectivity index (χ1) is 8.49. The number of aromatic hydroxyl groups is 2. The third-order valence-corrected chi connectivity index (χ3v) is 2.81. The van der Waals surface area contributed by atoms with Crippen molar-refractivity contribution in [3.8, 4) is 11.5 Å². The predicted octanol–water partition coefficient (Wildman–Crippen LogP) is 2.23. The summed E-state index contributed by atoms with van der Waals surface area (Å²) in [5.41, 5.74) is 1.13. The zero-order valence-corrected chi connectivity index (χ0v) is 10.6. The van der Waals surface area contributed by atoms with E-state index in [0.29, 0.717) is 17.5 Å². The monoisotopic (exact) mass is 250 g/mol. The van der Waals surface area contributed by atoms with Gasteiger partial charge in [-0.1, -0.05) is 12.2 Å². The van der Waals surface area contributed by atoms with Crippen LogP contribution in [0.5, 0.6) is 11.5 Å². The van der Waals surface area contributed by atoms with E-state index in [1.54, 1.807) is 26.0 Å². The van der Waals surface area contributed by atoms with Crippen molar-refractivity contribution < 1.29 is 20.1 Å². The first kappa shape index (κ1) is 14.3. The summed E-state index contributed by atoms with van der Waals surface area (Å²) in [4.78, 5) is 11.9. The van der Waals surface area contributed by atoms with Gasteiger partial charge in [0.1, 0.15) is 11.5 Å². The highest BCUT2D eigenvalue weighted by atomic mass is 16.3. The quantitative estimate of drug-likeness (QED) is 0.553. The highest BCUT2D eigenvalue weighted by Crippen LogP contribution is 2.33. The van der Waals surface area contributed by atoms with Gasteiger partial charge in [-0.05, 0) is 31.9 Å². The summed E-state index contributed by atoms with van der Waals surface area (Å²) in [6.45, 7) is 3.21. The first-order valence-electron chi connectivity index (χ1n) is 5.80. The molecule has 18 heavy (non-hydrogen) atoms. The average molecular weight is 250 g/mol. The number of phenols is 2. The lowest BCUT2D eigenvalue weighted by molar-refractivity contribution is 0.0980. The molecule has 0 saturated carbocycles. The Morgan fingerprint density at radius 1 is 1.22 bits per heavy atom. The number of hydrogen-bond acceptors (Lipinski definition) is 4. The van der Waals surface area contributed by atoms with Gasteiger partial charge in [0.25, 0.3) is 0 Å². The van der Waals surface area contributed by atoms with Gasteiger partial charge >= 0.3 is 0 Å². The molecule has 0 amide bonds. The second kappa shape index (κ2) is 6.21. The van der Waals surface area contributed by atoms with Crippen molar-refractivity contribution in [1.29, 1.82) is 0 Å². The number of benzene rings is 1. The van der Waals surface area contributed by atoms with Gasteiger partial charge in [-0.15, -0.1) is 0 Å². The third-order valence-electron chi connectivity index (χ3n) is 2.81. The molecule has 4 nitrogen and oxygen atoms in total. The number of aliphatic hydroxyl groups excluding tert-OH is 1. The second-order valence-corrected chi connectivity index (χ2v) is 4.18. The van der Waals surface area contributed by atoms with E-state index < -0.39 is 0 Å². The standard InChI is InChI=1S/C14H18O4/c1-9-8-11(14(18)10(2)13(9)17)12(16)6-4-3-5-7-15/h3,5,8,15,17-18H,4,6-7H2,1-2H3. The van der Waals surface area contributed by atoms with Crippen LogP contribution in [0.25, 0.3) is 0 Å². The van der Waals surface area contributed by atoms with Crippen LogP contribution in [-0.2, 0) is 0 Å². The summed E-state index contributed by atoms with van der Waals surface area (Å²) in [6.07, 6.45) is 4.06. The zero-order valence-electron chi connectivity index (χ0n) is 10.6. The Labute approximate surface area is 106 Å². The van der Waals surface area contributed by atoms with Crippen molar-refractivity contribution in [3.05, 3.63) is 34.9 Å². The summed E-state index contributed by atoms with van der Waals surface area (Å²) in [6, 6.07) is 1.50. The number of rotatable bonds is 5. The fourth-order valence-electron chi connectivity index (χ4n) is 1.72. The number of carbonyl (C=O) groups is 1. The highest BCUT2D eigenvalue weighted by Gasteiger charge is 2.16. The summed E-state index contributed by atoms with van der Waals surface area (Å²) >= 11 is 0. The van der Waals surface area contributed by atoms with Gasteiger partial charge in [0, 0.05) is 12.0 Å². The van der Waals surface area contributed by atoms with Crippen LogP contribution in [0, 0.1) is 13.8 Å². The minimum atomic E-state index is -0.179. The van der Waals surface area contributed by atoms with E-state index >= 15 is 0 Å². The van der Waals surface area contributed by atoms with Gasteiger partial charge in [-0.25, -0.2) is 0 Å². The molecule has 4 heteroatoms. The Morgan fingerprint density at radius 2 is 1.89 bits per heavy atom. The molecule has 1 rings (SSSR count). The van der Waals surface area contributed by atoms with Crippen LogP contribution in [0.4, 0.5) is 0 Å². The van der Waals surface area contributed by atoms with Crippen molar-refractivity contribution in [2.75, 3.05) is 6.61 Å². The summed E-state index contributed by atoms with van der Waals surface area (Å²) < 4.78 is 0. The van der Waals surface area contributed by atoms with Gasteiger partial charge in [-0.2, -0.15) is 0 Å². The van der Waals surface area contributed by atoms with Gasteiger partial charge in [0.05, 0.1) is 12.2 Å². The topological polar surface area (TPSA) is 77.8 Å². The van der Waals surface area contributed by atoms with Crippen molar-refractivity contribution >= 4 is 5.78 Å². The molecule has 98 valence electrons. The molecule has 0 aliphatic heterocycles. The number of ketones is 1. The Hall–Kier alpha value is -1.81. The van der Waals surface area contributed by atoms with E-state index in [4.69, 9.17) is 5.11 Å². The summed E-state index contributed by atoms with van der Waals surface area (Å²) in [7, 11) is 0. The Balaban J connectivity index is 2.90. The maximum Gasteiger partial charge on any atom is 0.166 e. The smallest absolute Gasteiger partial charge is 0.166 e. The lowest BCUT2D eigenvalue weighted by Crippen LogP contribution is -2.01. The average Bonchev–Trinajstić information content (AvgIpc) is 2.36. The van der Waals surface area contributed by atoms with Gasteiger partial charge in [0.15, 0.2) is 5.78 Å². The number of Topliss-reactive ketones (excluding diaryl/α,β-unsaturated/α-hetero) is 1. The maximum absolute atomic E-state index is 11.9. The minimum absolute atomic E-state index is 0.0178. The summed E-state index contributed by atoms with van der Waals surface area (Å²) in [5.74, 6) is -0.320. The van der Waals surface area contributed by atoms with E-state index in [9.17, 15) is 15.0 Å². The molecule has 0 atom stereocenters. The number of aliphatic hydroxyl groups is 1. The van der Waals surface area contributed by atoms with Crippen LogP contribution in [0.15, 0.2) is 18.2 Å². The molecule has 0 aromatic heterocycles. The van der Waals surface area contributed by atoms with Crippen LogP contribution in [-0.4, -0.2) is 27.7 Å². The molecular weight excluding hydrogens is 232 g/mol. The second-order valence-electron chi connectivity index (χ2n) is 4.18. The van der Waals surface area contributed by atoms with E-state index in [-0.39, 0.29) is 35.9 Å². The molecule has 1 aromatic carbocycles. The molecule has 0 unspecified atom stereocenters. The van der Waals surface area contributed by atoms with Crippen LogP contribution >= 0.6 is 0 Å². The maximum atomic E-state index is 11.9. The van der Waals surface area contributed by atoms with E-state index in [2.05, 4.69) is 0 Å². The number of aryl methyl sites for hydroxylation is 1. The molecule has 0 saturated heterocycles. The fourth-order valence-corrected chi connectivity index (χ4v) is 1.72. The van der Waals surface area contributed by atoms with E-state index in [0.717, 1.165) is 0 Å². The molecule has 1 aromatic rings.